The van der Waals surface area contributed by atoms with Crippen molar-refractivity contribution >= 4 is 18.3 Å². The second kappa shape index (κ2) is 7.65. The van der Waals surface area contributed by atoms with Crippen LogP contribution in [-0.2, 0) is 4.79 Å². The van der Waals surface area contributed by atoms with Crippen LogP contribution in [0.5, 0.6) is 0 Å². The molecule has 1 amide bonds. The van der Waals surface area contributed by atoms with E-state index in [1.54, 1.807) is 0 Å². The lowest BCUT2D eigenvalue weighted by Gasteiger charge is -2.35. The number of likely N-dealkylation sites (tertiary alicyclic amines) is 1. The molecule has 4 heteroatoms. The maximum atomic E-state index is 12.3. The number of nitrogens with two attached hydrogens (primary N) is 1. The van der Waals surface area contributed by atoms with Crippen molar-refractivity contribution < 1.29 is 4.79 Å². The molecule has 0 saturated carbocycles. The lowest BCUT2D eigenvalue weighted by atomic mass is 9.88. The van der Waals surface area contributed by atoms with E-state index in [-0.39, 0.29) is 24.4 Å². The van der Waals surface area contributed by atoms with Crippen LogP contribution in [0.1, 0.15) is 38.3 Å². The topological polar surface area (TPSA) is 46.3 Å². The first-order valence-electron chi connectivity index (χ1n) is 7.16. The molecule has 2 rings (SSSR count). The number of rotatable bonds is 3. The Bertz CT molecular complexity index is 424. The number of halogens is 1. The molecular formula is C16H25ClN2O. The molecule has 1 aliphatic rings. The van der Waals surface area contributed by atoms with Crippen molar-refractivity contribution in [2.24, 2.45) is 17.6 Å². The van der Waals surface area contributed by atoms with E-state index in [0.29, 0.717) is 18.3 Å². The van der Waals surface area contributed by atoms with Crippen molar-refractivity contribution in [3.8, 4) is 0 Å². The number of piperidine rings is 1. The molecule has 3 atom stereocenters. The second-order valence-corrected chi connectivity index (χ2v) is 5.80. The summed E-state index contributed by atoms with van der Waals surface area (Å²) < 4.78 is 0. The van der Waals surface area contributed by atoms with Crippen LogP contribution in [0.3, 0.4) is 0 Å². The van der Waals surface area contributed by atoms with Gasteiger partial charge in [0, 0.05) is 25.6 Å². The quantitative estimate of drug-likeness (QED) is 0.932. The van der Waals surface area contributed by atoms with Gasteiger partial charge in [0.25, 0.3) is 0 Å². The third-order valence-corrected chi connectivity index (χ3v) is 4.31. The van der Waals surface area contributed by atoms with Gasteiger partial charge in [-0.1, -0.05) is 44.2 Å². The molecule has 1 aromatic rings. The van der Waals surface area contributed by atoms with E-state index in [2.05, 4.69) is 13.8 Å². The molecule has 1 saturated heterocycles. The molecule has 0 aromatic heterocycles. The van der Waals surface area contributed by atoms with E-state index >= 15 is 0 Å². The number of benzene rings is 1. The van der Waals surface area contributed by atoms with Crippen molar-refractivity contribution in [2.75, 3.05) is 13.1 Å². The Morgan fingerprint density at radius 3 is 2.55 bits per heavy atom. The highest BCUT2D eigenvalue weighted by Crippen LogP contribution is 2.24. The van der Waals surface area contributed by atoms with Crippen molar-refractivity contribution in [2.45, 2.75) is 32.7 Å². The molecule has 1 aliphatic heterocycles. The Kier molecular flexibility index (Phi) is 6.50. The van der Waals surface area contributed by atoms with E-state index in [0.717, 1.165) is 25.1 Å². The summed E-state index contributed by atoms with van der Waals surface area (Å²) in [6, 6.07) is 9.67. The zero-order valence-corrected chi connectivity index (χ0v) is 13.1. The van der Waals surface area contributed by atoms with Crippen LogP contribution < -0.4 is 5.73 Å². The highest BCUT2D eigenvalue weighted by molar-refractivity contribution is 5.85. The lowest BCUT2D eigenvalue weighted by molar-refractivity contribution is -0.134. The highest BCUT2D eigenvalue weighted by Gasteiger charge is 2.26. The minimum atomic E-state index is -0.191. The summed E-state index contributed by atoms with van der Waals surface area (Å²) in [7, 11) is 0. The van der Waals surface area contributed by atoms with Crippen molar-refractivity contribution in [3.05, 3.63) is 35.9 Å². The molecule has 1 aromatic carbocycles. The Morgan fingerprint density at radius 2 is 1.95 bits per heavy atom. The van der Waals surface area contributed by atoms with Crippen LogP contribution in [0, 0.1) is 11.8 Å². The minimum Gasteiger partial charge on any atom is -0.342 e. The summed E-state index contributed by atoms with van der Waals surface area (Å²) in [5.74, 6) is 1.49. The summed E-state index contributed by atoms with van der Waals surface area (Å²) in [6.07, 6.45) is 1.51. The van der Waals surface area contributed by atoms with Crippen LogP contribution in [0.15, 0.2) is 30.3 Å². The predicted molar refractivity (Wildman–Crippen MR) is 84.8 cm³/mol. The van der Waals surface area contributed by atoms with Crippen LogP contribution >= 0.6 is 12.4 Å². The molecule has 3 unspecified atom stereocenters. The first-order valence-corrected chi connectivity index (χ1v) is 7.16. The number of carbonyl (C=O) groups excluding carboxylic acids is 1. The smallest absolute Gasteiger partial charge is 0.224 e. The standard InChI is InChI=1S/C16H24N2O.ClH/c1-12-8-9-18(11-13(12)2)16(19)10-15(17)14-6-4-3-5-7-14;/h3-7,12-13,15H,8-11,17H2,1-2H3;1H. The second-order valence-electron chi connectivity index (χ2n) is 5.80. The Morgan fingerprint density at radius 1 is 1.30 bits per heavy atom. The number of hydrogen-bond acceptors (Lipinski definition) is 2. The molecule has 1 fully saturated rings. The van der Waals surface area contributed by atoms with Crippen LogP contribution in [0.25, 0.3) is 0 Å². The van der Waals surface area contributed by atoms with E-state index in [1.807, 2.05) is 35.2 Å². The Hall–Kier alpha value is -1.06. The van der Waals surface area contributed by atoms with Crippen LogP contribution in [0.2, 0.25) is 0 Å². The normalized spacial score (nSPS) is 23.9. The molecule has 0 bridgehead atoms. The molecule has 2 N–H and O–H groups in total. The molecule has 0 radical (unpaired) electrons. The molecule has 20 heavy (non-hydrogen) atoms. The van der Waals surface area contributed by atoms with Gasteiger partial charge in [-0.05, 0) is 23.8 Å². The molecule has 0 spiro atoms. The van der Waals surface area contributed by atoms with E-state index < -0.39 is 0 Å². The van der Waals surface area contributed by atoms with E-state index in [4.69, 9.17) is 5.73 Å². The number of nitrogens with zero attached hydrogens (tertiary/aromatic N) is 1. The monoisotopic (exact) mass is 296 g/mol. The summed E-state index contributed by atoms with van der Waals surface area (Å²) in [6.45, 7) is 6.25. The zero-order valence-electron chi connectivity index (χ0n) is 12.3. The van der Waals surface area contributed by atoms with E-state index in [9.17, 15) is 4.79 Å². The largest absolute Gasteiger partial charge is 0.342 e. The van der Waals surface area contributed by atoms with Crippen molar-refractivity contribution in [1.29, 1.82) is 0 Å². The number of hydrogen-bond donors (Lipinski definition) is 1. The van der Waals surface area contributed by atoms with Gasteiger partial charge in [-0.15, -0.1) is 12.4 Å². The average Bonchev–Trinajstić information content (AvgIpc) is 2.42. The molecule has 112 valence electrons. The highest BCUT2D eigenvalue weighted by atomic mass is 35.5. The van der Waals surface area contributed by atoms with E-state index in [1.165, 1.54) is 0 Å². The summed E-state index contributed by atoms with van der Waals surface area (Å²) in [4.78, 5) is 14.3. The SMILES string of the molecule is CC1CCN(C(=O)CC(N)c2ccccc2)CC1C.Cl. The fourth-order valence-electron chi connectivity index (χ4n) is 2.62. The first kappa shape index (κ1) is 17.0. The molecule has 0 aliphatic carbocycles. The molecule has 1 heterocycles. The van der Waals surface area contributed by atoms with Gasteiger partial charge >= 0.3 is 0 Å². The van der Waals surface area contributed by atoms with Gasteiger partial charge in [0.05, 0.1) is 0 Å². The third kappa shape index (κ3) is 4.22. The van der Waals surface area contributed by atoms with Crippen LogP contribution in [-0.4, -0.2) is 23.9 Å². The van der Waals surface area contributed by atoms with Gasteiger partial charge in [-0.3, -0.25) is 4.79 Å². The molecular weight excluding hydrogens is 272 g/mol. The van der Waals surface area contributed by atoms with Gasteiger partial charge in [0.1, 0.15) is 0 Å². The summed E-state index contributed by atoms with van der Waals surface area (Å²) in [5.41, 5.74) is 7.15. The summed E-state index contributed by atoms with van der Waals surface area (Å²) >= 11 is 0. The molecule has 3 nitrogen and oxygen atoms in total. The minimum absolute atomic E-state index is 0. The lowest BCUT2D eigenvalue weighted by Crippen LogP contribution is -2.43. The number of amides is 1. The summed E-state index contributed by atoms with van der Waals surface area (Å²) in [5, 5.41) is 0. The van der Waals surface area contributed by atoms with Gasteiger partial charge in [0.15, 0.2) is 0 Å². The van der Waals surface area contributed by atoms with Gasteiger partial charge in [-0.25, -0.2) is 0 Å². The number of carbonyl (C=O) groups is 1. The van der Waals surface area contributed by atoms with Crippen molar-refractivity contribution in [1.82, 2.24) is 4.90 Å². The maximum absolute atomic E-state index is 12.3. The van der Waals surface area contributed by atoms with Gasteiger partial charge < -0.3 is 10.6 Å². The fraction of sp³-hybridized carbons (Fsp3) is 0.562. The van der Waals surface area contributed by atoms with Gasteiger partial charge in [0.2, 0.25) is 5.91 Å². The van der Waals surface area contributed by atoms with Gasteiger partial charge in [-0.2, -0.15) is 0 Å². The van der Waals surface area contributed by atoms with Crippen molar-refractivity contribution in [3.63, 3.8) is 0 Å². The first-order chi connectivity index (χ1) is 9.08. The third-order valence-electron chi connectivity index (χ3n) is 4.31. The fourth-order valence-corrected chi connectivity index (χ4v) is 2.62. The average molecular weight is 297 g/mol. The van der Waals surface area contributed by atoms with Crippen LogP contribution in [0.4, 0.5) is 0 Å². The Labute approximate surface area is 127 Å². The predicted octanol–water partition coefficient (Wildman–Crippen LogP) is 3.00. The zero-order chi connectivity index (χ0) is 13.8. The Balaban J connectivity index is 0.00000200. The maximum Gasteiger partial charge on any atom is 0.224 e.